The van der Waals surface area contributed by atoms with Crippen molar-refractivity contribution >= 4 is 16.7 Å². The summed E-state index contributed by atoms with van der Waals surface area (Å²) in [6.07, 6.45) is 5.17. The molecule has 82 valence electrons. The summed E-state index contributed by atoms with van der Waals surface area (Å²) in [7, 11) is 1.77. The fourth-order valence-electron chi connectivity index (χ4n) is 1.85. The Labute approximate surface area is 93.2 Å². The minimum atomic E-state index is 0.443. The molecule has 2 saturated carbocycles. The molecule has 0 aromatic carbocycles. The minimum Gasteiger partial charge on any atom is -0.381 e. The summed E-state index contributed by atoms with van der Waals surface area (Å²) in [4.78, 5) is 4.50. The third-order valence-electron chi connectivity index (χ3n) is 3.14. The van der Waals surface area contributed by atoms with Crippen LogP contribution in [-0.4, -0.2) is 28.6 Å². The normalized spacial score (nSPS) is 29.9. The van der Waals surface area contributed by atoms with Crippen LogP contribution in [0.25, 0.3) is 0 Å². The molecule has 1 heterocycles. The molecule has 2 fully saturated rings. The predicted molar refractivity (Wildman–Crippen MR) is 59.3 cm³/mol. The second-order valence-electron chi connectivity index (χ2n) is 4.40. The number of aromatic nitrogens is 2. The monoisotopic (exact) mass is 225 g/mol. The first-order valence-corrected chi connectivity index (χ1v) is 6.25. The van der Waals surface area contributed by atoms with Crippen molar-refractivity contribution in [3.8, 4) is 0 Å². The van der Waals surface area contributed by atoms with E-state index < -0.39 is 0 Å². The molecule has 3 rings (SSSR count). The zero-order valence-electron chi connectivity index (χ0n) is 8.77. The van der Waals surface area contributed by atoms with Gasteiger partial charge in [0.2, 0.25) is 5.13 Å². The highest BCUT2D eigenvalue weighted by atomic mass is 32.1. The van der Waals surface area contributed by atoms with Gasteiger partial charge in [0.1, 0.15) is 5.82 Å². The summed E-state index contributed by atoms with van der Waals surface area (Å²) >= 11 is 1.49. The highest BCUT2D eigenvalue weighted by molar-refractivity contribution is 7.09. The van der Waals surface area contributed by atoms with Crippen LogP contribution in [-0.2, 0) is 4.74 Å². The second-order valence-corrected chi connectivity index (χ2v) is 5.15. The van der Waals surface area contributed by atoms with E-state index >= 15 is 0 Å². The molecule has 2 aliphatic carbocycles. The minimum absolute atomic E-state index is 0.443. The van der Waals surface area contributed by atoms with E-state index in [1.165, 1.54) is 24.4 Å². The Morgan fingerprint density at radius 3 is 2.87 bits per heavy atom. The average molecular weight is 225 g/mol. The van der Waals surface area contributed by atoms with Gasteiger partial charge < -0.3 is 10.1 Å². The largest absolute Gasteiger partial charge is 0.381 e. The fraction of sp³-hybridized carbons (Fsp3) is 0.800. The molecule has 1 N–H and O–H groups in total. The van der Waals surface area contributed by atoms with Crippen molar-refractivity contribution in [2.75, 3.05) is 12.4 Å². The van der Waals surface area contributed by atoms with E-state index in [1.807, 2.05) is 0 Å². The Balaban J connectivity index is 1.53. The Kier molecular flexibility index (Phi) is 2.36. The summed E-state index contributed by atoms with van der Waals surface area (Å²) in [5.74, 6) is 1.70. The molecule has 0 aliphatic heterocycles. The lowest BCUT2D eigenvalue weighted by Crippen LogP contribution is -2.40. The van der Waals surface area contributed by atoms with Crippen LogP contribution in [0.5, 0.6) is 0 Å². The van der Waals surface area contributed by atoms with Gasteiger partial charge in [-0.1, -0.05) is 0 Å². The third kappa shape index (κ3) is 1.99. The van der Waals surface area contributed by atoms with Crippen molar-refractivity contribution in [2.24, 2.45) is 0 Å². The molecule has 0 spiro atoms. The number of methoxy groups -OCH3 is 1. The Bertz CT molecular complexity index is 344. The van der Waals surface area contributed by atoms with Gasteiger partial charge in [-0.3, -0.25) is 0 Å². The quantitative estimate of drug-likeness (QED) is 0.851. The first kappa shape index (κ1) is 9.54. The second kappa shape index (κ2) is 3.72. The number of ether oxygens (including phenoxy) is 1. The van der Waals surface area contributed by atoms with E-state index in [9.17, 15) is 0 Å². The Hall–Kier alpha value is -0.680. The van der Waals surface area contributed by atoms with E-state index in [0.717, 1.165) is 23.8 Å². The maximum absolute atomic E-state index is 5.23. The lowest BCUT2D eigenvalue weighted by atomic mass is 9.89. The van der Waals surface area contributed by atoms with Gasteiger partial charge in [-0.05, 0) is 25.7 Å². The summed E-state index contributed by atoms with van der Waals surface area (Å²) in [5, 5.41) is 4.39. The van der Waals surface area contributed by atoms with Crippen LogP contribution < -0.4 is 5.32 Å². The number of hydrogen-bond acceptors (Lipinski definition) is 5. The van der Waals surface area contributed by atoms with E-state index in [1.54, 1.807) is 7.11 Å². The predicted octanol–water partition coefficient (Wildman–Crippen LogP) is 2.00. The molecule has 4 nitrogen and oxygen atoms in total. The summed E-state index contributed by atoms with van der Waals surface area (Å²) in [6, 6.07) is 0.537. The molecule has 1 aromatic rings. The molecule has 0 saturated heterocycles. The highest BCUT2D eigenvalue weighted by Crippen LogP contribution is 2.39. The molecular formula is C10H15N3OS. The van der Waals surface area contributed by atoms with E-state index in [-0.39, 0.29) is 0 Å². The lowest BCUT2D eigenvalue weighted by molar-refractivity contribution is 0.0328. The fourth-order valence-corrected chi connectivity index (χ4v) is 2.58. The van der Waals surface area contributed by atoms with E-state index in [4.69, 9.17) is 4.74 Å². The van der Waals surface area contributed by atoms with Gasteiger partial charge in [0.25, 0.3) is 0 Å². The molecule has 0 atom stereocenters. The van der Waals surface area contributed by atoms with Gasteiger partial charge in [-0.25, -0.2) is 4.98 Å². The Morgan fingerprint density at radius 2 is 2.20 bits per heavy atom. The topological polar surface area (TPSA) is 47.0 Å². The maximum atomic E-state index is 5.23. The van der Waals surface area contributed by atoms with Gasteiger partial charge in [-0.15, -0.1) is 0 Å². The van der Waals surface area contributed by atoms with Crippen molar-refractivity contribution in [1.82, 2.24) is 9.36 Å². The van der Waals surface area contributed by atoms with Gasteiger partial charge >= 0.3 is 0 Å². The maximum Gasteiger partial charge on any atom is 0.202 e. The smallest absolute Gasteiger partial charge is 0.202 e. The van der Waals surface area contributed by atoms with Crippen molar-refractivity contribution in [2.45, 2.75) is 43.7 Å². The van der Waals surface area contributed by atoms with Crippen molar-refractivity contribution in [1.29, 1.82) is 0 Å². The average Bonchev–Trinajstić information content (AvgIpc) is 2.92. The first-order valence-electron chi connectivity index (χ1n) is 5.48. The first-order chi connectivity index (χ1) is 7.35. The highest BCUT2D eigenvalue weighted by Gasteiger charge is 2.31. The van der Waals surface area contributed by atoms with E-state index in [0.29, 0.717) is 18.1 Å². The molecule has 0 amide bonds. The number of nitrogens with zero attached hydrogens (tertiary/aromatic N) is 2. The molecule has 0 unspecified atom stereocenters. The number of anilines is 1. The van der Waals surface area contributed by atoms with Crippen molar-refractivity contribution < 1.29 is 4.74 Å². The number of rotatable bonds is 4. The Morgan fingerprint density at radius 1 is 1.40 bits per heavy atom. The standard InChI is InChI=1S/C10H15N3OS/c1-14-8-4-7(5-8)11-10-12-9(13-15-10)6-2-3-6/h6-8H,2-5H2,1H3,(H,11,12,13). The van der Waals surface area contributed by atoms with Gasteiger partial charge in [0.05, 0.1) is 6.10 Å². The SMILES string of the molecule is COC1CC(Nc2nc(C3CC3)ns2)C1. The zero-order chi connectivity index (χ0) is 10.3. The molecule has 2 aliphatic rings. The van der Waals surface area contributed by atoms with Crippen molar-refractivity contribution in [3.05, 3.63) is 5.82 Å². The van der Waals surface area contributed by atoms with Crippen LogP contribution in [0.3, 0.4) is 0 Å². The van der Waals surface area contributed by atoms with Gasteiger partial charge in [0.15, 0.2) is 0 Å². The van der Waals surface area contributed by atoms with Crippen LogP contribution in [0, 0.1) is 0 Å². The molecule has 1 aromatic heterocycles. The molecule has 0 bridgehead atoms. The van der Waals surface area contributed by atoms with E-state index in [2.05, 4.69) is 14.7 Å². The van der Waals surface area contributed by atoms with Crippen LogP contribution in [0.15, 0.2) is 0 Å². The van der Waals surface area contributed by atoms with Crippen LogP contribution in [0.1, 0.15) is 37.4 Å². The molecule has 0 radical (unpaired) electrons. The van der Waals surface area contributed by atoms with Crippen LogP contribution >= 0.6 is 11.5 Å². The number of hydrogen-bond donors (Lipinski definition) is 1. The zero-order valence-corrected chi connectivity index (χ0v) is 9.59. The van der Waals surface area contributed by atoms with Crippen LogP contribution in [0.2, 0.25) is 0 Å². The van der Waals surface area contributed by atoms with Crippen LogP contribution in [0.4, 0.5) is 5.13 Å². The summed E-state index contributed by atoms with van der Waals surface area (Å²) in [6.45, 7) is 0. The molecule has 15 heavy (non-hydrogen) atoms. The van der Waals surface area contributed by atoms with Gasteiger partial charge in [0, 0.05) is 30.6 Å². The van der Waals surface area contributed by atoms with Gasteiger partial charge in [-0.2, -0.15) is 4.37 Å². The lowest BCUT2D eigenvalue weighted by Gasteiger charge is -2.34. The molecule has 5 heteroatoms. The summed E-state index contributed by atoms with van der Waals surface area (Å²) < 4.78 is 9.60. The number of nitrogens with one attached hydrogen (secondary N) is 1. The third-order valence-corrected chi connectivity index (χ3v) is 3.80. The van der Waals surface area contributed by atoms with Crippen molar-refractivity contribution in [3.63, 3.8) is 0 Å². The summed E-state index contributed by atoms with van der Waals surface area (Å²) in [5.41, 5.74) is 0. The molecular weight excluding hydrogens is 210 g/mol.